The third kappa shape index (κ3) is 4.85. The van der Waals surface area contributed by atoms with Gasteiger partial charge in [0, 0.05) is 24.3 Å². The van der Waals surface area contributed by atoms with E-state index in [4.69, 9.17) is 4.42 Å². The SMILES string of the molecule is CC(C)c1nc(CCNC(=O)NCC(O)c2ccco2)cs1. The Kier molecular flexibility index (Phi) is 5.97. The number of thiazole rings is 1. The minimum absolute atomic E-state index is 0.105. The van der Waals surface area contributed by atoms with Crippen molar-refractivity contribution in [2.45, 2.75) is 32.3 Å². The molecular formula is C15H21N3O3S. The number of rotatable bonds is 7. The molecule has 0 spiro atoms. The number of aromatic nitrogens is 1. The Morgan fingerprint density at radius 3 is 2.91 bits per heavy atom. The van der Waals surface area contributed by atoms with Crippen LogP contribution >= 0.6 is 11.3 Å². The average Bonchev–Trinajstić information content (AvgIpc) is 3.16. The summed E-state index contributed by atoms with van der Waals surface area (Å²) in [7, 11) is 0. The lowest BCUT2D eigenvalue weighted by Gasteiger charge is -2.10. The number of carbonyl (C=O) groups excluding carboxylic acids is 1. The van der Waals surface area contributed by atoms with Crippen molar-refractivity contribution in [2.24, 2.45) is 0 Å². The van der Waals surface area contributed by atoms with Gasteiger partial charge >= 0.3 is 6.03 Å². The minimum atomic E-state index is -0.840. The lowest BCUT2D eigenvalue weighted by atomic mass is 10.2. The van der Waals surface area contributed by atoms with Gasteiger partial charge in [-0.05, 0) is 12.1 Å². The van der Waals surface area contributed by atoms with Gasteiger partial charge in [-0.15, -0.1) is 11.3 Å². The van der Waals surface area contributed by atoms with Gasteiger partial charge in [-0.25, -0.2) is 9.78 Å². The van der Waals surface area contributed by atoms with Crippen LogP contribution in [0.15, 0.2) is 28.2 Å². The summed E-state index contributed by atoms with van der Waals surface area (Å²) in [4.78, 5) is 16.1. The quantitative estimate of drug-likeness (QED) is 0.730. The highest BCUT2D eigenvalue weighted by Crippen LogP contribution is 2.19. The molecule has 0 radical (unpaired) electrons. The monoisotopic (exact) mass is 323 g/mol. The van der Waals surface area contributed by atoms with Crippen molar-refractivity contribution in [3.05, 3.63) is 40.2 Å². The number of amides is 2. The molecule has 7 heteroatoms. The summed E-state index contributed by atoms with van der Waals surface area (Å²) in [5, 5.41) is 18.3. The smallest absolute Gasteiger partial charge is 0.314 e. The molecule has 22 heavy (non-hydrogen) atoms. The van der Waals surface area contributed by atoms with E-state index >= 15 is 0 Å². The van der Waals surface area contributed by atoms with Crippen molar-refractivity contribution in [3.63, 3.8) is 0 Å². The second-order valence-corrected chi connectivity index (χ2v) is 6.14. The first kappa shape index (κ1) is 16.5. The number of urea groups is 1. The number of furan rings is 1. The van der Waals surface area contributed by atoms with E-state index in [0.29, 0.717) is 24.6 Å². The van der Waals surface area contributed by atoms with Crippen LogP contribution in [-0.2, 0) is 6.42 Å². The number of nitrogens with zero attached hydrogens (tertiary/aromatic N) is 1. The molecule has 120 valence electrons. The third-order valence-electron chi connectivity index (χ3n) is 3.06. The summed E-state index contributed by atoms with van der Waals surface area (Å²) in [5.41, 5.74) is 0.990. The maximum absolute atomic E-state index is 11.6. The van der Waals surface area contributed by atoms with Gasteiger partial charge in [-0.1, -0.05) is 13.8 Å². The normalized spacial score (nSPS) is 12.4. The second kappa shape index (κ2) is 7.95. The van der Waals surface area contributed by atoms with Crippen LogP contribution < -0.4 is 10.6 Å². The summed E-state index contributed by atoms with van der Waals surface area (Å²) in [6.07, 6.45) is 1.34. The fourth-order valence-electron chi connectivity index (χ4n) is 1.84. The van der Waals surface area contributed by atoms with Crippen molar-refractivity contribution in [1.29, 1.82) is 0 Å². The van der Waals surface area contributed by atoms with Gasteiger partial charge in [0.1, 0.15) is 11.9 Å². The predicted molar refractivity (Wildman–Crippen MR) is 85.0 cm³/mol. The first-order valence-corrected chi connectivity index (χ1v) is 8.11. The third-order valence-corrected chi connectivity index (χ3v) is 4.25. The molecule has 0 fully saturated rings. The number of aliphatic hydroxyl groups excluding tert-OH is 1. The van der Waals surface area contributed by atoms with E-state index in [-0.39, 0.29) is 12.6 Å². The number of aliphatic hydroxyl groups is 1. The fourth-order valence-corrected chi connectivity index (χ4v) is 2.71. The second-order valence-electron chi connectivity index (χ2n) is 5.25. The van der Waals surface area contributed by atoms with E-state index in [1.54, 1.807) is 23.5 Å². The van der Waals surface area contributed by atoms with Crippen LogP contribution in [0, 0.1) is 0 Å². The van der Waals surface area contributed by atoms with E-state index in [2.05, 4.69) is 29.5 Å². The largest absolute Gasteiger partial charge is 0.467 e. The average molecular weight is 323 g/mol. The number of hydrogen-bond acceptors (Lipinski definition) is 5. The Morgan fingerprint density at radius 1 is 1.45 bits per heavy atom. The molecule has 1 unspecified atom stereocenters. The molecule has 3 N–H and O–H groups in total. The zero-order valence-electron chi connectivity index (χ0n) is 12.7. The van der Waals surface area contributed by atoms with E-state index in [1.807, 2.05) is 5.38 Å². The highest BCUT2D eigenvalue weighted by atomic mass is 32.1. The number of carbonyl (C=O) groups is 1. The Balaban J connectivity index is 1.65. The van der Waals surface area contributed by atoms with Crippen LogP contribution in [0.4, 0.5) is 4.79 Å². The summed E-state index contributed by atoms with van der Waals surface area (Å²) >= 11 is 1.65. The van der Waals surface area contributed by atoms with E-state index in [9.17, 15) is 9.90 Å². The standard InChI is InChI=1S/C15H21N3O3S/c1-10(2)14-18-11(9-22-14)5-6-16-15(20)17-8-12(19)13-4-3-7-21-13/h3-4,7,9-10,12,19H,5-6,8H2,1-2H3,(H2,16,17,20). The molecule has 0 aliphatic heterocycles. The van der Waals surface area contributed by atoms with E-state index in [1.165, 1.54) is 6.26 Å². The molecule has 2 amide bonds. The maximum Gasteiger partial charge on any atom is 0.314 e. The lowest BCUT2D eigenvalue weighted by Crippen LogP contribution is -2.38. The van der Waals surface area contributed by atoms with Crippen molar-refractivity contribution in [2.75, 3.05) is 13.1 Å². The van der Waals surface area contributed by atoms with Gasteiger partial charge in [0.2, 0.25) is 0 Å². The summed E-state index contributed by atoms with van der Waals surface area (Å²) in [6, 6.07) is 3.04. The first-order chi connectivity index (χ1) is 10.6. The molecule has 2 aromatic rings. The molecule has 6 nitrogen and oxygen atoms in total. The van der Waals surface area contributed by atoms with Gasteiger partial charge in [0.15, 0.2) is 0 Å². The van der Waals surface area contributed by atoms with Gasteiger partial charge in [0.05, 0.1) is 23.5 Å². The van der Waals surface area contributed by atoms with Gasteiger partial charge in [-0.3, -0.25) is 0 Å². The zero-order valence-corrected chi connectivity index (χ0v) is 13.5. The molecule has 0 aromatic carbocycles. The van der Waals surface area contributed by atoms with Crippen LogP contribution in [-0.4, -0.2) is 29.2 Å². The van der Waals surface area contributed by atoms with Gasteiger partial charge in [0.25, 0.3) is 0 Å². The van der Waals surface area contributed by atoms with Crippen LogP contribution in [0.25, 0.3) is 0 Å². The summed E-state index contributed by atoms with van der Waals surface area (Å²) in [6.45, 7) is 4.83. The minimum Gasteiger partial charge on any atom is -0.467 e. The Morgan fingerprint density at radius 2 is 2.27 bits per heavy atom. The highest BCUT2D eigenvalue weighted by molar-refractivity contribution is 7.09. The predicted octanol–water partition coefficient (Wildman–Crippen LogP) is 2.43. The van der Waals surface area contributed by atoms with Crippen molar-refractivity contribution in [3.8, 4) is 0 Å². The molecule has 2 heterocycles. The summed E-state index contributed by atoms with van der Waals surface area (Å²) in [5.74, 6) is 0.863. The molecular weight excluding hydrogens is 302 g/mol. The summed E-state index contributed by atoms with van der Waals surface area (Å²) < 4.78 is 5.06. The van der Waals surface area contributed by atoms with E-state index < -0.39 is 6.10 Å². The molecule has 1 atom stereocenters. The number of nitrogens with one attached hydrogen (secondary N) is 2. The van der Waals surface area contributed by atoms with Gasteiger partial charge < -0.3 is 20.2 Å². The lowest BCUT2D eigenvalue weighted by molar-refractivity contribution is 0.148. The van der Waals surface area contributed by atoms with Crippen LogP contribution in [0.5, 0.6) is 0 Å². The molecule has 0 saturated heterocycles. The molecule has 0 saturated carbocycles. The molecule has 2 aromatic heterocycles. The molecule has 0 bridgehead atoms. The van der Waals surface area contributed by atoms with Crippen LogP contribution in [0.3, 0.4) is 0 Å². The Bertz CT molecular complexity index is 581. The van der Waals surface area contributed by atoms with E-state index in [0.717, 1.165) is 10.7 Å². The molecule has 0 aliphatic carbocycles. The topological polar surface area (TPSA) is 87.4 Å². The Labute approximate surface area is 133 Å². The number of hydrogen-bond donors (Lipinski definition) is 3. The van der Waals surface area contributed by atoms with Crippen molar-refractivity contribution < 1.29 is 14.3 Å². The van der Waals surface area contributed by atoms with Crippen molar-refractivity contribution >= 4 is 17.4 Å². The maximum atomic E-state index is 11.6. The first-order valence-electron chi connectivity index (χ1n) is 7.23. The fraction of sp³-hybridized carbons (Fsp3) is 0.467. The molecule has 0 aliphatic rings. The Hall–Kier alpha value is -1.86. The molecule has 2 rings (SSSR count). The highest BCUT2D eigenvalue weighted by Gasteiger charge is 2.11. The van der Waals surface area contributed by atoms with Crippen LogP contribution in [0.2, 0.25) is 0 Å². The van der Waals surface area contributed by atoms with Gasteiger partial charge in [-0.2, -0.15) is 0 Å². The van der Waals surface area contributed by atoms with Crippen LogP contribution in [0.1, 0.15) is 42.3 Å². The zero-order chi connectivity index (χ0) is 15.9. The van der Waals surface area contributed by atoms with Crippen molar-refractivity contribution in [1.82, 2.24) is 15.6 Å².